The van der Waals surface area contributed by atoms with Crippen LogP contribution in [-0.2, 0) is 0 Å². The summed E-state index contributed by atoms with van der Waals surface area (Å²) in [6.07, 6.45) is 0. The molecule has 0 saturated carbocycles. The molecule has 168 valence electrons. The Balaban J connectivity index is 1.66. The number of para-hydroxylation sites is 1. The molecule has 0 amide bonds. The number of benzene rings is 3. The summed E-state index contributed by atoms with van der Waals surface area (Å²) >= 11 is 1.32. The molecule has 1 heterocycles. The van der Waals surface area contributed by atoms with Gasteiger partial charge in [0.2, 0.25) is 0 Å². The van der Waals surface area contributed by atoms with Gasteiger partial charge in [-0.1, -0.05) is 30.0 Å². The first-order valence-electron chi connectivity index (χ1n) is 10.2. The van der Waals surface area contributed by atoms with Crippen molar-refractivity contribution < 1.29 is 19.0 Å². The van der Waals surface area contributed by atoms with E-state index in [1.54, 1.807) is 39.5 Å². The molecule has 0 aliphatic rings. The molecule has 0 bridgehead atoms. The quantitative estimate of drug-likeness (QED) is 0.258. The molecule has 0 radical (unpaired) electrons. The summed E-state index contributed by atoms with van der Waals surface area (Å²) in [6, 6.07) is 22.6. The standard InChI is InChI=1S/C25H23N3O4S/c1-30-19-11-9-17(10-12-19)24-26-27-25(28(24)18-7-5-4-6-8-18)33-16-22(29)21-15-20(31-2)13-14-23(21)32-3/h4-15H,16H2,1-3H3. The highest BCUT2D eigenvalue weighted by molar-refractivity contribution is 7.99. The van der Waals surface area contributed by atoms with E-state index in [-0.39, 0.29) is 11.5 Å². The lowest BCUT2D eigenvalue weighted by Crippen LogP contribution is -2.07. The highest BCUT2D eigenvalue weighted by atomic mass is 32.2. The number of hydrogen-bond acceptors (Lipinski definition) is 7. The van der Waals surface area contributed by atoms with Gasteiger partial charge in [-0.2, -0.15) is 0 Å². The van der Waals surface area contributed by atoms with Crippen molar-refractivity contribution >= 4 is 17.5 Å². The maximum absolute atomic E-state index is 13.0. The average molecular weight is 462 g/mol. The Morgan fingerprint density at radius 1 is 0.848 bits per heavy atom. The van der Waals surface area contributed by atoms with Crippen molar-refractivity contribution in [1.29, 1.82) is 0 Å². The number of ketones is 1. The molecular formula is C25H23N3O4S. The van der Waals surface area contributed by atoms with Gasteiger partial charge in [0, 0.05) is 11.3 Å². The summed E-state index contributed by atoms with van der Waals surface area (Å²) in [5.74, 6) is 2.61. The molecule has 3 aromatic carbocycles. The molecule has 0 unspecified atom stereocenters. The molecule has 4 rings (SSSR count). The van der Waals surface area contributed by atoms with Crippen LogP contribution in [0, 0.1) is 0 Å². The van der Waals surface area contributed by atoms with E-state index < -0.39 is 0 Å². The zero-order valence-corrected chi connectivity index (χ0v) is 19.3. The molecule has 7 nitrogen and oxygen atoms in total. The summed E-state index contributed by atoms with van der Waals surface area (Å²) in [6.45, 7) is 0. The number of ether oxygens (including phenoxy) is 3. The molecule has 0 aliphatic carbocycles. The number of carbonyl (C=O) groups excluding carboxylic acids is 1. The van der Waals surface area contributed by atoms with Crippen LogP contribution in [0.4, 0.5) is 0 Å². The van der Waals surface area contributed by atoms with Crippen molar-refractivity contribution in [3.05, 3.63) is 78.4 Å². The predicted molar refractivity (Wildman–Crippen MR) is 128 cm³/mol. The van der Waals surface area contributed by atoms with Crippen molar-refractivity contribution in [1.82, 2.24) is 14.8 Å². The Bertz CT molecular complexity index is 1240. The van der Waals surface area contributed by atoms with E-state index in [1.807, 2.05) is 59.2 Å². The number of nitrogens with zero attached hydrogens (tertiary/aromatic N) is 3. The lowest BCUT2D eigenvalue weighted by Gasteiger charge is -2.11. The van der Waals surface area contributed by atoms with Gasteiger partial charge in [0.15, 0.2) is 16.8 Å². The van der Waals surface area contributed by atoms with Crippen LogP contribution in [-0.4, -0.2) is 47.6 Å². The Labute approximate surface area is 196 Å². The van der Waals surface area contributed by atoms with Gasteiger partial charge in [-0.25, -0.2) is 0 Å². The molecule has 4 aromatic rings. The van der Waals surface area contributed by atoms with Crippen LogP contribution < -0.4 is 14.2 Å². The summed E-state index contributed by atoms with van der Waals surface area (Å²) in [7, 11) is 4.73. The van der Waals surface area contributed by atoms with Gasteiger partial charge >= 0.3 is 0 Å². The van der Waals surface area contributed by atoms with E-state index in [4.69, 9.17) is 14.2 Å². The zero-order chi connectivity index (χ0) is 23.2. The van der Waals surface area contributed by atoms with Crippen molar-refractivity contribution in [2.75, 3.05) is 27.1 Å². The first-order valence-corrected chi connectivity index (χ1v) is 11.2. The fraction of sp³-hybridized carbons (Fsp3) is 0.160. The predicted octanol–water partition coefficient (Wildman–Crippen LogP) is 4.94. The van der Waals surface area contributed by atoms with E-state index in [2.05, 4.69) is 10.2 Å². The van der Waals surface area contributed by atoms with Crippen molar-refractivity contribution in [2.45, 2.75) is 5.16 Å². The summed E-state index contributed by atoms with van der Waals surface area (Å²) in [5.41, 5.74) is 2.26. The SMILES string of the molecule is COc1ccc(-c2nnc(SCC(=O)c3cc(OC)ccc3OC)n2-c2ccccc2)cc1. The molecule has 0 spiro atoms. The van der Waals surface area contributed by atoms with Gasteiger partial charge in [0.1, 0.15) is 17.2 Å². The summed E-state index contributed by atoms with van der Waals surface area (Å²) < 4.78 is 17.8. The van der Waals surface area contributed by atoms with Crippen molar-refractivity contribution in [3.8, 4) is 34.3 Å². The fourth-order valence-electron chi connectivity index (χ4n) is 3.34. The second-order valence-corrected chi connectivity index (χ2v) is 7.93. The molecule has 1 aromatic heterocycles. The van der Waals surface area contributed by atoms with Crippen LogP contribution in [0.1, 0.15) is 10.4 Å². The first kappa shape index (κ1) is 22.4. The minimum atomic E-state index is -0.0932. The Hall–Kier alpha value is -3.78. The number of carbonyl (C=O) groups is 1. The van der Waals surface area contributed by atoms with Crippen molar-refractivity contribution in [2.24, 2.45) is 0 Å². The Kier molecular flexibility index (Phi) is 6.95. The van der Waals surface area contributed by atoms with Crippen LogP contribution in [0.25, 0.3) is 17.1 Å². The van der Waals surface area contributed by atoms with Gasteiger partial charge < -0.3 is 14.2 Å². The second-order valence-electron chi connectivity index (χ2n) is 6.98. The molecule has 0 atom stereocenters. The lowest BCUT2D eigenvalue weighted by atomic mass is 10.1. The lowest BCUT2D eigenvalue weighted by molar-refractivity contribution is 0.101. The number of rotatable bonds is 9. The second kappa shape index (κ2) is 10.2. The van der Waals surface area contributed by atoms with Crippen LogP contribution in [0.15, 0.2) is 78.0 Å². The Morgan fingerprint density at radius 2 is 1.55 bits per heavy atom. The maximum atomic E-state index is 13.0. The smallest absolute Gasteiger partial charge is 0.196 e. The summed E-state index contributed by atoms with van der Waals surface area (Å²) in [5, 5.41) is 9.43. The minimum absolute atomic E-state index is 0.0932. The highest BCUT2D eigenvalue weighted by Gasteiger charge is 2.19. The number of methoxy groups -OCH3 is 3. The van der Waals surface area contributed by atoms with E-state index >= 15 is 0 Å². The average Bonchev–Trinajstić information content (AvgIpc) is 3.31. The molecule has 0 fully saturated rings. The van der Waals surface area contributed by atoms with Gasteiger partial charge in [-0.15, -0.1) is 10.2 Å². The monoisotopic (exact) mass is 461 g/mol. The fourth-order valence-corrected chi connectivity index (χ4v) is 4.18. The third kappa shape index (κ3) is 4.85. The van der Waals surface area contributed by atoms with Gasteiger partial charge in [0.05, 0.1) is 32.6 Å². The van der Waals surface area contributed by atoms with Gasteiger partial charge in [0.25, 0.3) is 0 Å². The summed E-state index contributed by atoms with van der Waals surface area (Å²) in [4.78, 5) is 13.0. The zero-order valence-electron chi connectivity index (χ0n) is 18.5. The Morgan fingerprint density at radius 3 is 2.21 bits per heavy atom. The largest absolute Gasteiger partial charge is 0.497 e. The number of hydrogen-bond donors (Lipinski definition) is 0. The molecule has 0 saturated heterocycles. The normalized spacial score (nSPS) is 10.6. The third-order valence-corrected chi connectivity index (χ3v) is 5.96. The minimum Gasteiger partial charge on any atom is -0.497 e. The topological polar surface area (TPSA) is 75.5 Å². The van der Waals surface area contributed by atoms with E-state index in [1.165, 1.54) is 11.8 Å². The molecule has 8 heteroatoms. The molecular weight excluding hydrogens is 438 g/mol. The number of thioether (sulfide) groups is 1. The molecule has 0 N–H and O–H groups in total. The van der Waals surface area contributed by atoms with Crippen LogP contribution in [0.5, 0.6) is 17.2 Å². The molecule has 0 aliphatic heterocycles. The van der Waals surface area contributed by atoms with Crippen molar-refractivity contribution in [3.63, 3.8) is 0 Å². The number of Topliss-reactive ketones (excluding diaryl/α,β-unsaturated/α-hetero) is 1. The van der Waals surface area contributed by atoms with Crippen LogP contribution in [0.2, 0.25) is 0 Å². The van der Waals surface area contributed by atoms with E-state index in [0.29, 0.717) is 28.0 Å². The van der Waals surface area contributed by atoms with Crippen LogP contribution >= 0.6 is 11.8 Å². The molecule has 33 heavy (non-hydrogen) atoms. The first-order chi connectivity index (χ1) is 16.1. The number of aromatic nitrogens is 3. The highest BCUT2D eigenvalue weighted by Crippen LogP contribution is 2.31. The van der Waals surface area contributed by atoms with Gasteiger partial charge in [-0.3, -0.25) is 9.36 Å². The maximum Gasteiger partial charge on any atom is 0.196 e. The van der Waals surface area contributed by atoms with Gasteiger partial charge in [-0.05, 0) is 54.6 Å². The third-order valence-electron chi connectivity index (χ3n) is 5.04. The van der Waals surface area contributed by atoms with Crippen LogP contribution in [0.3, 0.4) is 0 Å². The van der Waals surface area contributed by atoms with E-state index in [0.717, 1.165) is 17.0 Å². The van der Waals surface area contributed by atoms with E-state index in [9.17, 15) is 4.79 Å².